The molecule has 0 aromatic heterocycles. The van der Waals surface area contributed by atoms with E-state index in [-0.39, 0.29) is 11.8 Å². The maximum atomic E-state index is 12.4. The SMILES string of the molecule is CN=C(NCc1cccc(OCC(F)F)c1)NCC1CC(=O)N(CCc2ccccc2)C1. The number of aliphatic imine (C=N–C) groups is 1. The number of hydrogen-bond donors (Lipinski definition) is 2. The Bertz CT molecular complexity index is 893. The van der Waals surface area contributed by atoms with Gasteiger partial charge in [-0.05, 0) is 29.7 Å². The number of halogens is 2. The molecule has 1 heterocycles. The van der Waals surface area contributed by atoms with Crippen LogP contribution in [0.25, 0.3) is 0 Å². The highest BCUT2D eigenvalue weighted by molar-refractivity contribution is 5.80. The normalized spacial score (nSPS) is 16.5. The third kappa shape index (κ3) is 7.51. The standard InChI is InChI=1S/C24H30F2N4O2/c1-27-24(28-14-19-8-5-9-21(12-19)32-17-22(25)26)29-15-20-13-23(31)30(16-20)11-10-18-6-3-2-4-7-18/h2-9,12,20,22H,10-11,13-17H2,1H3,(H2,27,28,29). The molecule has 0 aliphatic carbocycles. The van der Waals surface area contributed by atoms with Crippen LogP contribution in [0.15, 0.2) is 59.6 Å². The van der Waals surface area contributed by atoms with Crippen molar-refractivity contribution in [3.8, 4) is 5.75 Å². The van der Waals surface area contributed by atoms with E-state index in [0.29, 0.717) is 31.2 Å². The molecule has 1 saturated heterocycles. The van der Waals surface area contributed by atoms with E-state index in [4.69, 9.17) is 4.74 Å². The molecule has 0 saturated carbocycles. The monoisotopic (exact) mass is 444 g/mol. The molecule has 6 nitrogen and oxygen atoms in total. The van der Waals surface area contributed by atoms with Gasteiger partial charge in [-0.15, -0.1) is 0 Å². The molecule has 172 valence electrons. The Hall–Kier alpha value is -3.16. The van der Waals surface area contributed by atoms with Crippen LogP contribution in [0.3, 0.4) is 0 Å². The van der Waals surface area contributed by atoms with Crippen molar-refractivity contribution in [2.45, 2.75) is 25.8 Å². The lowest BCUT2D eigenvalue weighted by Gasteiger charge is -2.18. The lowest BCUT2D eigenvalue weighted by atomic mass is 10.1. The van der Waals surface area contributed by atoms with E-state index >= 15 is 0 Å². The Morgan fingerprint density at radius 3 is 2.69 bits per heavy atom. The molecule has 1 aliphatic rings. The topological polar surface area (TPSA) is 66.0 Å². The number of nitrogens with zero attached hydrogens (tertiary/aromatic N) is 2. The fourth-order valence-corrected chi connectivity index (χ4v) is 3.67. The van der Waals surface area contributed by atoms with E-state index in [9.17, 15) is 13.6 Å². The zero-order valence-electron chi connectivity index (χ0n) is 18.3. The van der Waals surface area contributed by atoms with Crippen molar-refractivity contribution in [2.24, 2.45) is 10.9 Å². The number of nitrogens with one attached hydrogen (secondary N) is 2. The summed E-state index contributed by atoms with van der Waals surface area (Å²) in [4.78, 5) is 18.5. The molecule has 1 unspecified atom stereocenters. The smallest absolute Gasteiger partial charge is 0.272 e. The van der Waals surface area contributed by atoms with Crippen molar-refractivity contribution >= 4 is 11.9 Å². The molecule has 2 aromatic carbocycles. The predicted molar refractivity (Wildman–Crippen MR) is 121 cm³/mol. The molecule has 1 aliphatic heterocycles. The van der Waals surface area contributed by atoms with Crippen LogP contribution in [-0.2, 0) is 17.8 Å². The van der Waals surface area contributed by atoms with Crippen molar-refractivity contribution in [1.29, 1.82) is 0 Å². The van der Waals surface area contributed by atoms with Gasteiger partial charge in [-0.1, -0.05) is 42.5 Å². The second-order valence-corrected chi connectivity index (χ2v) is 7.80. The number of guanidine groups is 1. The average molecular weight is 445 g/mol. The fourth-order valence-electron chi connectivity index (χ4n) is 3.67. The highest BCUT2D eigenvalue weighted by atomic mass is 19.3. The second kappa shape index (κ2) is 12.0. The highest BCUT2D eigenvalue weighted by Gasteiger charge is 2.29. The van der Waals surface area contributed by atoms with Crippen LogP contribution in [0.2, 0.25) is 0 Å². The second-order valence-electron chi connectivity index (χ2n) is 7.80. The first-order valence-electron chi connectivity index (χ1n) is 10.8. The Kier molecular flexibility index (Phi) is 8.83. The van der Waals surface area contributed by atoms with Crippen LogP contribution >= 0.6 is 0 Å². The molecule has 1 amide bonds. The van der Waals surface area contributed by atoms with Crippen LogP contribution in [0.4, 0.5) is 8.78 Å². The Morgan fingerprint density at radius 2 is 1.94 bits per heavy atom. The van der Waals surface area contributed by atoms with Gasteiger partial charge in [0.1, 0.15) is 12.4 Å². The summed E-state index contributed by atoms with van der Waals surface area (Å²) in [7, 11) is 1.68. The van der Waals surface area contributed by atoms with Crippen LogP contribution in [0, 0.1) is 5.92 Å². The number of benzene rings is 2. The molecule has 2 aromatic rings. The Balaban J connectivity index is 1.41. The highest BCUT2D eigenvalue weighted by Crippen LogP contribution is 2.18. The zero-order chi connectivity index (χ0) is 22.8. The minimum Gasteiger partial charge on any atom is -0.488 e. The first kappa shape index (κ1) is 23.5. The first-order chi connectivity index (χ1) is 15.5. The summed E-state index contributed by atoms with van der Waals surface area (Å²) in [5.41, 5.74) is 2.12. The van der Waals surface area contributed by atoms with E-state index in [1.165, 1.54) is 5.56 Å². The summed E-state index contributed by atoms with van der Waals surface area (Å²) in [5.74, 6) is 1.45. The van der Waals surface area contributed by atoms with Gasteiger partial charge in [0.25, 0.3) is 6.43 Å². The number of likely N-dealkylation sites (tertiary alicyclic amines) is 1. The Morgan fingerprint density at radius 1 is 1.16 bits per heavy atom. The van der Waals surface area contributed by atoms with Crippen molar-refractivity contribution in [1.82, 2.24) is 15.5 Å². The summed E-state index contributed by atoms with van der Waals surface area (Å²) in [6.07, 6.45) is -1.12. The van der Waals surface area contributed by atoms with Crippen LogP contribution < -0.4 is 15.4 Å². The average Bonchev–Trinajstić information content (AvgIpc) is 3.16. The molecule has 3 rings (SSSR count). The van der Waals surface area contributed by atoms with Gasteiger partial charge in [0.05, 0.1) is 0 Å². The van der Waals surface area contributed by atoms with E-state index in [2.05, 4.69) is 27.8 Å². The largest absolute Gasteiger partial charge is 0.488 e. The molecule has 0 spiro atoms. The zero-order valence-corrected chi connectivity index (χ0v) is 18.3. The van der Waals surface area contributed by atoms with Crippen molar-refractivity contribution in [2.75, 3.05) is 33.3 Å². The fraction of sp³-hybridized carbons (Fsp3) is 0.417. The molecule has 2 N–H and O–H groups in total. The minimum atomic E-state index is -2.50. The summed E-state index contributed by atoms with van der Waals surface area (Å²) in [6, 6.07) is 17.2. The third-order valence-corrected chi connectivity index (χ3v) is 5.32. The molecule has 0 bridgehead atoms. The maximum Gasteiger partial charge on any atom is 0.272 e. The number of rotatable bonds is 10. The van der Waals surface area contributed by atoms with Gasteiger partial charge in [0, 0.05) is 45.6 Å². The van der Waals surface area contributed by atoms with E-state index in [0.717, 1.165) is 25.1 Å². The van der Waals surface area contributed by atoms with Crippen LogP contribution in [0.5, 0.6) is 5.75 Å². The van der Waals surface area contributed by atoms with Crippen molar-refractivity contribution in [3.05, 3.63) is 65.7 Å². The number of carbonyl (C=O) groups is 1. The lowest BCUT2D eigenvalue weighted by molar-refractivity contribution is -0.127. The quantitative estimate of drug-likeness (QED) is 0.437. The molecule has 1 atom stereocenters. The molecule has 1 fully saturated rings. The summed E-state index contributed by atoms with van der Waals surface area (Å²) < 4.78 is 29.7. The van der Waals surface area contributed by atoms with Gasteiger partial charge in [0.2, 0.25) is 5.91 Å². The maximum absolute atomic E-state index is 12.4. The van der Waals surface area contributed by atoms with Crippen LogP contribution in [-0.4, -0.2) is 56.5 Å². The molecular formula is C24H30F2N4O2. The van der Waals surface area contributed by atoms with Crippen molar-refractivity contribution < 1.29 is 18.3 Å². The van der Waals surface area contributed by atoms with Gasteiger partial charge in [0.15, 0.2) is 5.96 Å². The first-order valence-corrected chi connectivity index (χ1v) is 10.8. The molecular weight excluding hydrogens is 414 g/mol. The van der Waals surface area contributed by atoms with Gasteiger partial charge < -0.3 is 20.3 Å². The number of alkyl halides is 2. The van der Waals surface area contributed by atoms with E-state index in [1.54, 1.807) is 25.2 Å². The molecule has 32 heavy (non-hydrogen) atoms. The molecule has 8 heteroatoms. The van der Waals surface area contributed by atoms with Crippen LogP contribution in [0.1, 0.15) is 17.5 Å². The van der Waals surface area contributed by atoms with Gasteiger partial charge in [-0.2, -0.15) is 0 Å². The number of carbonyl (C=O) groups excluding carboxylic acids is 1. The van der Waals surface area contributed by atoms with Gasteiger partial charge in [-0.3, -0.25) is 9.79 Å². The summed E-state index contributed by atoms with van der Waals surface area (Å²) >= 11 is 0. The Labute approximate surface area is 187 Å². The molecule has 0 radical (unpaired) electrons. The van der Waals surface area contributed by atoms with Crippen molar-refractivity contribution in [3.63, 3.8) is 0 Å². The number of ether oxygens (including phenoxy) is 1. The van der Waals surface area contributed by atoms with E-state index < -0.39 is 13.0 Å². The number of hydrogen-bond acceptors (Lipinski definition) is 3. The van der Waals surface area contributed by atoms with Gasteiger partial charge >= 0.3 is 0 Å². The minimum absolute atomic E-state index is 0.191. The summed E-state index contributed by atoms with van der Waals surface area (Å²) in [5, 5.41) is 6.49. The van der Waals surface area contributed by atoms with E-state index in [1.807, 2.05) is 29.2 Å². The predicted octanol–water partition coefficient (Wildman–Crippen LogP) is 3.09. The number of amides is 1. The van der Waals surface area contributed by atoms with Gasteiger partial charge in [-0.25, -0.2) is 8.78 Å². The summed E-state index contributed by atoms with van der Waals surface area (Å²) in [6.45, 7) is 1.96. The lowest BCUT2D eigenvalue weighted by Crippen LogP contribution is -2.40. The third-order valence-electron chi connectivity index (χ3n) is 5.32.